The van der Waals surface area contributed by atoms with E-state index in [9.17, 15) is 9.59 Å². The van der Waals surface area contributed by atoms with Crippen LogP contribution in [0.5, 0.6) is 0 Å². The number of esters is 2. The Hall–Kier alpha value is -1.56. The molecule has 120 valence electrons. The van der Waals surface area contributed by atoms with Gasteiger partial charge in [0.05, 0.1) is 20.0 Å². The zero-order valence-electron chi connectivity index (χ0n) is 13.8. The molecular weight excluding hydrogens is 288 g/mol. The van der Waals surface area contributed by atoms with Gasteiger partial charge in [-0.05, 0) is 45.5 Å². The second kappa shape index (κ2) is 8.02. The summed E-state index contributed by atoms with van der Waals surface area (Å²) in [6.45, 7) is 11.6. The summed E-state index contributed by atoms with van der Waals surface area (Å²) >= 11 is 0. The molecule has 0 aromatic heterocycles. The molecule has 0 radical (unpaired) electrons. The van der Waals surface area contributed by atoms with Crippen LogP contribution in [0.2, 0.25) is 19.6 Å². The number of carbonyl (C=O) groups excluding carboxylic acids is 2. The van der Waals surface area contributed by atoms with Gasteiger partial charge in [-0.25, -0.2) is 0 Å². The van der Waals surface area contributed by atoms with Crippen LogP contribution in [-0.2, 0) is 23.5 Å². The Morgan fingerprint density at radius 1 is 1.10 bits per heavy atom. The van der Waals surface area contributed by atoms with Crippen molar-refractivity contribution in [2.45, 2.75) is 39.4 Å². The van der Waals surface area contributed by atoms with E-state index in [1.54, 1.807) is 6.08 Å². The standard InChI is InChI=1S/C15H26O5Si/c1-8-10-15(13(16)18-3,14(17)19-4)11-9-12(2)20-21(5,6)7/h8-9H,1,10-11H2,2-7H3/b12-9+. The van der Waals surface area contributed by atoms with Gasteiger partial charge in [-0.3, -0.25) is 9.59 Å². The average Bonchev–Trinajstić information content (AvgIpc) is 2.39. The third-order valence-corrected chi connectivity index (χ3v) is 3.78. The van der Waals surface area contributed by atoms with Crippen molar-refractivity contribution in [3.63, 3.8) is 0 Å². The van der Waals surface area contributed by atoms with Crippen LogP contribution >= 0.6 is 0 Å². The van der Waals surface area contributed by atoms with Gasteiger partial charge in [0, 0.05) is 0 Å². The maximum absolute atomic E-state index is 12.1. The van der Waals surface area contributed by atoms with Gasteiger partial charge in [0.1, 0.15) is 0 Å². The van der Waals surface area contributed by atoms with E-state index in [1.165, 1.54) is 20.3 Å². The summed E-state index contributed by atoms with van der Waals surface area (Å²) in [5, 5.41) is 0. The fraction of sp³-hybridized carbons (Fsp3) is 0.600. The largest absolute Gasteiger partial charge is 0.548 e. The van der Waals surface area contributed by atoms with Gasteiger partial charge in [0.2, 0.25) is 8.32 Å². The van der Waals surface area contributed by atoms with Gasteiger partial charge in [0.25, 0.3) is 0 Å². The molecule has 0 saturated carbocycles. The fourth-order valence-corrected chi connectivity index (χ4v) is 3.03. The quantitative estimate of drug-likeness (QED) is 0.226. The van der Waals surface area contributed by atoms with Crippen LogP contribution in [0.25, 0.3) is 0 Å². The van der Waals surface area contributed by atoms with E-state index >= 15 is 0 Å². The highest BCUT2D eigenvalue weighted by Gasteiger charge is 2.46. The summed E-state index contributed by atoms with van der Waals surface area (Å²) < 4.78 is 15.4. The molecule has 0 amide bonds. The molecule has 0 unspecified atom stereocenters. The van der Waals surface area contributed by atoms with Gasteiger partial charge in [-0.15, -0.1) is 6.58 Å². The molecule has 0 aromatic carbocycles. The van der Waals surface area contributed by atoms with Crippen molar-refractivity contribution < 1.29 is 23.5 Å². The van der Waals surface area contributed by atoms with Gasteiger partial charge in [-0.2, -0.15) is 0 Å². The Labute approximate surface area is 128 Å². The predicted octanol–water partition coefficient (Wildman–Crippen LogP) is 3.04. The topological polar surface area (TPSA) is 61.8 Å². The monoisotopic (exact) mass is 314 g/mol. The lowest BCUT2D eigenvalue weighted by Gasteiger charge is -2.26. The molecule has 0 atom stereocenters. The van der Waals surface area contributed by atoms with E-state index in [0.29, 0.717) is 5.76 Å². The molecule has 6 heteroatoms. The summed E-state index contributed by atoms with van der Waals surface area (Å²) in [6.07, 6.45) is 3.53. The van der Waals surface area contributed by atoms with Gasteiger partial charge in [0.15, 0.2) is 5.41 Å². The minimum absolute atomic E-state index is 0.142. The smallest absolute Gasteiger partial charge is 0.323 e. The molecule has 0 N–H and O–H groups in total. The van der Waals surface area contributed by atoms with Crippen LogP contribution in [-0.4, -0.2) is 34.5 Å². The third-order valence-electron chi connectivity index (χ3n) is 2.85. The molecule has 0 saturated heterocycles. The second-order valence-corrected chi connectivity index (χ2v) is 10.2. The van der Waals surface area contributed by atoms with E-state index in [4.69, 9.17) is 13.9 Å². The second-order valence-electron chi connectivity index (χ2n) is 5.79. The molecule has 0 rings (SSSR count). The van der Waals surface area contributed by atoms with Crippen LogP contribution in [0.3, 0.4) is 0 Å². The summed E-state index contributed by atoms with van der Waals surface area (Å²) in [6, 6.07) is 0. The number of rotatable bonds is 8. The van der Waals surface area contributed by atoms with Gasteiger partial charge >= 0.3 is 11.9 Å². The molecule has 0 heterocycles. The molecule has 0 bridgehead atoms. The number of ether oxygens (including phenoxy) is 2. The number of hydrogen-bond acceptors (Lipinski definition) is 5. The molecule has 0 fully saturated rings. The molecule has 0 aliphatic rings. The van der Waals surface area contributed by atoms with Crippen molar-refractivity contribution in [2.75, 3.05) is 14.2 Å². The van der Waals surface area contributed by atoms with Crippen LogP contribution in [0.15, 0.2) is 24.5 Å². The highest BCUT2D eigenvalue weighted by atomic mass is 28.4. The first-order valence-electron chi connectivity index (χ1n) is 6.76. The Kier molecular flexibility index (Phi) is 7.42. The lowest BCUT2D eigenvalue weighted by molar-refractivity contribution is -0.168. The Morgan fingerprint density at radius 2 is 1.57 bits per heavy atom. The zero-order valence-corrected chi connectivity index (χ0v) is 14.8. The molecular formula is C15H26O5Si. The van der Waals surface area contributed by atoms with Crippen molar-refractivity contribution in [3.05, 3.63) is 24.5 Å². The van der Waals surface area contributed by atoms with Crippen LogP contribution in [0, 0.1) is 5.41 Å². The van der Waals surface area contributed by atoms with E-state index in [1.807, 2.05) is 6.92 Å². The van der Waals surface area contributed by atoms with Crippen LogP contribution in [0.4, 0.5) is 0 Å². The highest BCUT2D eigenvalue weighted by Crippen LogP contribution is 2.32. The molecule has 0 aromatic rings. The minimum atomic E-state index is -1.73. The molecule has 0 spiro atoms. The first-order valence-corrected chi connectivity index (χ1v) is 10.2. The molecule has 0 aliphatic heterocycles. The molecule has 5 nitrogen and oxygen atoms in total. The number of methoxy groups -OCH3 is 2. The van der Waals surface area contributed by atoms with Crippen molar-refractivity contribution in [1.29, 1.82) is 0 Å². The lowest BCUT2D eigenvalue weighted by atomic mass is 9.81. The summed E-state index contributed by atoms with van der Waals surface area (Å²) in [5.41, 5.74) is -1.41. The first-order chi connectivity index (χ1) is 9.62. The fourth-order valence-electron chi connectivity index (χ4n) is 1.98. The number of carbonyl (C=O) groups is 2. The average molecular weight is 314 g/mol. The Morgan fingerprint density at radius 3 is 1.90 bits per heavy atom. The third kappa shape index (κ3) is 5.75. The van der Waals surface area contributed by atoms with Crippen molar-refractivity contribution in [1.82, 2.24) is 0 Å². The maximum Gasteiger partial charge on any atom is 0.323 e. The van der Waals surface area contributed by atoms with Crippen LogP contribution in [0.1, 0.15) is 19.8 Å². The first kappa shape index (κ1) is 19.4. The van der Waals surface area contributed by atoms with E-state index in [2.05, 4.69) is 26.2 Å². The maximum atomic E-state index is 12.1. The van der Waals surface area contributed by atoms with E-state index in [0.717, 1.165) is 0 Å². The van der Waals surface area contributed by atoms with Crippen molar-refractivity contribution in [3.8, 4) is 0 Å². The Bertz CT molecular complexity index is 404. The van der Waals surface area contributed by atoms with Crippen molar-refractivity contribution in [2.24, 2.45) is 5.41 Å². The van der Waals surface area contributed by atoms with Gasteiger partial charge in [-0.1, -0.05) is 6.08 Å². The van der Waals surface area contributed by atoms with E-state index in [-0.39, 0.29) is 12.8 Å². The van der Waals surface area contributed by atoms with Gasteiger partial charge < -0.3 is 13.9 Å². The Balaban J connectivity index is 5.41. The van der Waals surface area contributed by atoms with Crippen molar-refractivity contribution >= 4 is 20.3 Å². The number of hydrogen-bond donors (Lipinski definition) is 0. The molecule has 0 aliphatic carbocycles. The normalized spacial score (nSPS) is 12.6. The zero-order chi connectivity index (χ0) is 16.7. The summed E-state index contributed by atoms with van der Waals surface area (Å²) in [7, 11) is 0.770. The summed E-state index contributed by atoms with van der Waals surface area (Å²) in [4.78, 5) is 24.2. The van der Waals surface area contributed by atoms with Crippen LogP contribution < -0.4 is 0 Å². The van der Waals surface area contributed by atoms with E-state index < -0.39 is 25.7 Å². The minimum Gasteiger partial charge on any atom is -0.548 e. The molecule has 21 heavy (non-hydrogen) atoms. The summed E-state index contributed by atoms with van der Waals surface area (Å²) in [5.74, 6) is -0.576. The lowest BCUT2D eigenvalue weighted by Crippen LogP contribution is -2.40. The highest BCUT2D eigenvalue weighted by molar-refractivity contribution is 6.70. The predicted molar refractivity (Wildman–Crippen MR) is 84.1 cm³/mol. The number of allylic oxidation sites excluding steroid dienone is 3. The SMILES string of the molecule is C=CCC(C/C=C(\C)O[Si](C)(C)C)(C(=O)OC)C(=O)OC.